The molecule has 0 saturated heterocycles. The number of rotatable bonds is 3. The Morgan fingerprint density at radius 2 is 2.32 bits per heavy atom. The second-order valence-electron chi connectivity index (χ2n) is 6.09. The van der Waals surface area contributed by atoms with Crippen molar-refractivity contribution in [2.75, 3.05) is 5.32 Å². The fourth-order valence-corrected chi connectivity index (χ4v) is 3.03. The molecule has 1 aromatic rings. The highest BCUT2D eigenvalue weighted by Gasteiger charge is 2.28. The summed E-state index contributed by atoms with van der Waals surface area (Å²) in [5.41, 5.74) is 0.803. The summed E-state index contributed by atoms with van der Waals surface area (Å²) in [5, 5.41) is 7.76. The van der Waals surface area contributed by atoms with Gasteiger partial charge in [-0.3, -0.25) is 4.79 Å². The molecule has 0 aromatic carbocycles. The summed E-state index contributed by atoms with van der Waals surface area (Å²) in [5.74, 6) is 0. The molecule has 1 saturated carbocycles. The van der Waals surface area contributed by atoms with Crippen molar-refractivity contribution in [1.29, 1.82) is 0 Å². The molecule has 5 heteroatoms. The van der Waals surface area contributed by atoms with Crippen LogP contribution in [-0.4, -0.2) is 15.8 Å². The number of aryl methyl sites for hydroxylation is 1. The second kappa shape index (κ2) is 5.53. The largest absolute Gasteiger partial charge is 0.380 e. The average molecular weight is 284 g/mol. The van der Waals surface area contributed by atoms with Gasteiger partial charge in [0.1, 0.15) is 5.02 Å². The van der Waals surface area contributed by atoms with Gasteiger partial charge in [0, 0.05) is 12.6 Å². The third-order valence-electron chi connectivity index (χ3n) is 3.85. The Morgan fingerprint density at radius 1 is 1.58 bits per heavy atom. The fraction of sp³-hybridized carbons (Fsp3) is 0.714. The molecule has 0 spiro atoms. The average Bonchev–Trinajstić information content (AvgIpc) is 2.34. The van der Waals surface area contributed by atoms with Gasteiger partial charge in [-0.1, -0.05) is 31.9 Å². The van der Waals surface area contributed by atoms with Crippen LogP contribution in [0.1, 0.15) is 46.5 Å². The predicted molar refractivity (Wildman–Crippen MR) is 78.8 cm³/mol. The lowest BCUT2D eigenvalue weighted by molar-refractivity contribution is 0.229. The fourth-order valence-electron chi connectivity index (χ4n) is 2.83. The molecule has 0 amide bonds. The third-order valence-corrected chi connectivity index (χ3v) is 4.21. The van der Waals surface area contributed by atoms with Gasteiger partial charge in [-0.25, -0.2) is 4.68 Å². The number of nitrogens with one attached hydrogen (secondary N) is 1. The lowest BCUT2D eigenvalue weighted by Gasteiger charge is -2.36. The quantitative estimate of drug-likeness (QED) is 0.926. The van der Waals surface area contributed by atoms with E-state index in [1.807, 2.05) is 6.92 Å². The monoisotopic (exact) mass is 283 g/mol. The lowest BCUT2D eigenvalue weighted by atomic mass is 9.75. The zero-order valence-corrected chi connectivity index (χ0v) is 12.6. The molecule has 1 atom stereocenters. The molecule has 1 aromatic heterocycles. The van der Waals surface area contributed by atoms with Gasteiger partial charge in [-0.15, -0.1) is 0 Å². The molecule has 1 N–H and O–H groups in total. The summed E-state index contributed by atoms with van der Waals surface area (Å²) in [7, 11) is 0. The molecular formula is C14H22ClN3O. The van der Waals surface area contributed by atoms with Crippen molar-refractivity contribution in [3.8, 4) is 0 Å². The Labute approximate surface area is 119 Å². The molecule has 0 aliphatic heterocycles. The van der Waals surface area contributed by atoms with Crippen LogP contribution in [0.5, 0.6) is 0 Å². The van der Waals surface area contributed by atoms with Gasteiger partial charge in [0.25, 0.3) is 5.56 Å². The summed E-state index contributed by atoms with van der Waals surface area (Å²) >= 11 is 6.13. The first-order valence-corrected chi connectivity index (χ1v) is 7.33. The van der Waals surface area contributed by atoms with Crippen LogP contribution in [0.25, 0.3) is 0 Å². The summed E-state index contributed by atoms with van der Waals surface area (Å²) < 4.78 is 1.37. The summed E-state index contributed by atoms with van der Waals surface area (Å²) in [4.78, 5) is 11.9. The van der Waals surface area contributed by atoms with Crippen LogP contribution in [0.15, 0.2) is 11.0 Å². The van der Waals surface area contributed by atoms with Gasteiger partial charge < -0.3 is 5.32 Å². The minimum absolute atomic E-state index is 0.218. The molecule has 106 valence electrons. The molecular weight excluding hydrogens is 262 g/mol. The van der Waals surface area contributed by atoms with E-state index in [1.54, 1.807) is 6.20 Å². The molecule has 0 bridgehead atoms. The molecule has 19 heavy (non-hydrogen) atoms. The number of anilines is 1. The molecule has 0 radical (unpaired) electrons. The first-order chi connectivity index (χ1) is 8.93. The topological polar surface area (TPSA) is 46.9 Å². The molecule has 1 unspecified atom stereocenters. The Kier molecular flexibility index (Phi) is 4.19. The standard InChI is InChI=1S/C14H22ClN3O/c1-4-18-13(19)12(15)11(9-16-18)17-10-6-5-7-14(2,3)8-10/h9-10,17H,4-8H2,1-3H3. The Morgan fingerprint density at radius 3 is 2.95 bits per heavy atom. The van der Waals surface area contributed by atoms with Crippen molar-refractivity contribution in [3.63, 3.8) is 0 Å². The summed E-state index contributed by atoms with van der Waals surface area (Å²) in [6, 6.07) is 0.375. The van der Waals surface area contributed by atoms with E-state index >= 15 is 0 Å². The Bertz CT molecular complexity index is 510. The minimum atomic E-state index is -0.218. The smallest absolute Gasteiger partial charge is 0.287 e. The highest BCUT2D eigenvalue weighted by atomic mass is 35.5. The third kappa shape index (κ3) is 3.30. The van der Waals surface area contributed by atoms with E-state index in [4.69, 9.17) is 11.6 Å². The van der Waals surface area contributed by atoms with Gasteiger partial charge in [-0.2, -0.15) is 5.10 Å². The maximum atomic E-state index is 11.9. The van der Waals surface area contributed by atoms with E-state index in [-0.39, 0.29) is 10.6 Å². The maximum Gasteiger partial charge on any atom is 0.287 e. The van der Waals surface area contributed by atoms with Crippen LogP contribution in [0, 0.1) is 5.41 Å². The van der Waals surface area contributed by atoms with E-state index in [0.717, 1.165) is 12.8 Å². The van der Waals surface area contributed by atoms with Crippen molar-refractivity contribution in [1.82, 2.24) is 9.78 Å². The van der Waals surface area contributed by atoms with E-state index in [9.17, 15) is 4.79 Å². The lowest BCUT2D eigenvalue weighted by Crippen LogP contribution is -2.33. The summed E-state index contributed by atoms with van der Waals surface area (Å²) in [6.45, 7) is 6.99. The van der Waals surface area contributed by atoms with Crippen LogP contribution in [0.2, 0.25) is 5.02 Å². The normalized spacial score (nSPS) is 22.2. The van der Waals surface area contributed by atoms with Crippen molar-refractivity contribution < 1.29 is 0 Å². The Balaban J connectivity index is 2.16. The first-order valence-electron chi connectivity index (χ1n) is 6.95. The molecule has 1 aliphatic rings. The zero-order valence-electron chi connectivity index (χ0n) is 11.9. The van der Waals surface area contributed by atoms with E-state index in [0.29, 0.717) is 23.7 Å². The van der Waals surface area contributed by atoms with Gasteiger partial charge >= 0.3 is 0 Å². The van der Waals surface area contributed by atoms with E-state index < -0.39 is 0 Å². The van der Waals surface area contributed by atoms with Gasteiger partial charge in [-0.05, 0) is 31.6 Å². The first kappa shape index (κ1) is 14.4. The number of halogens is 1. The van der Waals surface area contributed by atoms with E-state index in [1.165, 1.54) is 17.5 Å². The molecule has 1 fully saturated rings. The molecule has 4 nitrogen and oxygen atoms in total. The molecule has 1 aliphatic carbocycles. The minimum Gasteiger partial charge on any atom is -0.380 e. The number of hydrogen-bond acceptors (Lipinski definition) is 3. The molecule has 2 rings (SSSR count). The van der Waals surface area contributed by atoms with Crippen molar-refractivity contribution in [2.24, 2.45) is 5.41 Å². The highest BCUT2D eigenvalue weighted by Crippen LogP contribution is 2.36. The highest BCUT2D eigenvalue weighted by molar-refractivity contribution is 6.32. The number of nitrogens with zero attached hydrogens (tertiary/aromatic N) is 2. The molecule has 1 heterocycles. The van der Waals surface area contributed by atoms with Crippen molar-refractivity contribution >= 4 is 17.3 Å². The van der Waals surface area contributed by atoms with Crippen molar-refractivity contribution in [3.05, 3.63) is 21.6 Å². The van der Waals surface area contributed by atoms with Crippen molar-refractivity contribution in [2.45, 2.75) is 59.0 Å². The van der Waals surface area contributed by atoms with E-state index in [2.05, 4.69) is 24.3 Å². The van der Waals surface area contributed by atoms with Crippen LogP contribution < -0.4 is 10.9 Å². The maximum absolute atomic E-state index is 11.9. The second-order valence-corrected chi connectivity index (χ2v) is 6.47. The number of aromatic nitrogens is 2. The van der Waals surface area contributed by atoms with Gasteiger partial charge in [0.2, 0.25) is 0 Å². The van der Waals surface area contributed by atoms with Gasteiger partial charge in [0.05, 0.1) is 11.9 Å². The van der Waals surface area contributed by atoms with Crippen LogP contribution >= 0.6 is 11.6 Å². The summed E-state index contributed by atoms with van der Waals surface area (Å²) in [6.07, 6.45) is 6.35. The number of hydrogen-bond donors (Lipinski definition) is 1. The van der Waals surface area contributed by atoms with Crippen LogP contribution in [-0.2, 0) is 6.54 Å². The van der Waals surface area contributed by atoms with Crippen LogP contribution in [0.4, 0.5) is 5.69 Å². The van der Waals surface area contributed by atoms with Gasteiger partial charge in [0.15, 0.2) is 0 Å². The predicted octanol–water partition coefficient (Wildman–Crippen LogP) is 3.30. The SMILES string of the molecule is CCn1ncc(NC2CCCC(C)(C)C2)c(Cl)c1=O. The Hall–Kier alpha value is -1.03. The zero-order chi connectivity index (χ0) is 14.0. The van der Waals surface area contributed by atoms with Crippen LogP contribution in [0.3, 0.4) is 0 Å².